The van der Waals surface area contributed by atoms with Crippen LogP contribution in [0.3, 0.4) is 0 Å². The first-order chi connectivity index (χ1) is 12.0. The van der Waals surface area contributed by atoms with Crippen molar-refractivity contribution in [2.45, 2.75) is 33.7 Å². The average molecular weight is 341 g/mol. The third kappa shape index (κ3) is 4.56. The monoisotopic (exact) mass is 341 g/mol. The van der Waals surface area contributed by atoms with E-state index in [0.29, 0.717) is 17.9 Å². The predicted octanol–water partition coefficient (Wildman–Crippen LogP) is 3.11. The fourth-order valence-corrected chi connectivity index (χ4v) is 2.25. The lowest BCUT2D eigenvalue weighted by molar-refractivity contribution is -0.119. The smallest absolute Gasteiger partial charge is 0.255 e. The second-order valence-electron chi connectivity index (χ2n) is 5.84. The number of aromatic nitrogens is 1. The SMILES string of the molecule is CCC(C)C(=O)Nc1ccccc1NC(=O)c1ccn(CC)c(=O)c1. The van der Waals surface area contributed by atoms with Crippen molar-refractivity contribution in [1.82, 2.24) is 4.57 Å². The van der Waals surface area contributed by atoms with Crippen LogP contribution in [0.5, 0.6) is 0 Å². The molecule has 1 atom stereocenters. The van der Waals surface area contributed by atoms with Gasteiger partial charge in [0, 0.05) is 30.3 Å². The predicted molar refractivity (Wildman–Crippen MR) is 98.9 cm³/mol. The Labute approximate surface area is 146 Å². The lowest BCUT2D eigenvalue weighted by Gasteiger charge is -2.14. The van der Waals surface area contributed by atoms with Gasteiger partial charge in [0.2, 0.25) is 5.91 Å². The quantitative estimate of drug-likeness (QED) is 0.847. The molecule has 6 heteroatoms. The summed E-state index contributed by atoms with van der Waals surface area (Å²) < 4.78 is 1.51. The highest BCUT2D eigenvalue weighted by Gasteiger charge is 2.14. The molecule has 6 nitrogen and oxygen atoms in total. The normalized spacial score (nSPS) is 11.6. The highest BCUT2D eigenvalue weighted by Crippen LogP contribution is 2.22. The van der Waals surface area contributed by atoms with E-state index in [1.165, 1.54) is 10.6 Å². The largest absolute Gasteiger partial charge is 0.324 e. The van der Waals surface area contributed by atoms with Crippen molar-refractivity contribution in [3.63, 3.8) is 0 Å². The van der Waals surface area contributed by atoms with Crippen molar-refractivity contribution in [1.29, 1.82) is 0 Å². The summed E-state index contributed by atoms with van der Waals surface area (Å²) in [5.74, 6) is -0.620. The van der Waals surface area contributed by atoms with Crippen molar-refractivity contribution < 1.29 is 9.59 Å². The average Bonchev–Trinajstić information content (AvgIpc) is 2.62. The first kappa shape index (κ1) is 18.4. The molecule has 0 saturated carbocycles. The molecule has 0 bridgehead atoms. The molecule has 132 valence electrons. The number of anilines is 2. The summed E-state index contributed by atoms with van der Waals surface area (Å²) in [6, 6.07) is 9.88. The zero-order chi connectivity index (χ0) is 18.4. The molecule has 2 aromatic rings. The molecular weight excluding hydrogens is 318 g/mol. The van der Waals surface area contributed by atoms with Gasteiger partial charge in [-0.2, -0.15) is 0 Å². The molecule has 0 saturated heterocycles. The standard InChI is InChI=1S/C19H23N3O3/c1-4-13(3)18(24)20-15-8-6-7-9-16(15)21-19(25)14-10-11-22(5-2)17(23)12-14/h6-13H,4-5H2,1-3H3,(H,20,24)(H,21,25). The summed E-state index contributed by atoms with van der Waals surface area (Å²) in [5, 5.41) is 5.58. The Morgan fingerprint density at radius 1 is 1.08 bits per heavy atom. The Bertz CT molecular complexity index is 827. The van der Waals surface area contributed by atoms with Crippen LogP contribution in [0, 0.1) is 5.92 Å². The molecular formula is C19H23N3O3. The third-order valence-electron chi connectivity index (χ3n) is 4.09. The van der Waals surface area contributed by atoms with Gasteiger partial charge in [-0.15, -0.1) is 0 Å². The van der Waals surface area contributed by atoms with Gasteiger partial charge in [-0.3, -0.25) is 14.4 Å². The number of amides is 2. The number of hydrogen-bond donors (Lipinski definition) is 2. The molecule has 1 heterocycles. The molecule has 25 heavy (non-hydrogen) atoms. The number of aryl methyl sites for hydroxylation is 1. The number of para-hydroxylation sites is 2. The highest BCUT2D eigenvalue weighted by molar-refractivity contribution is 6.07. The van der Waals surface area contributed by atoms with Gasteiger partial charge in [0.1, 0.15) is 0 Å². The molecule has 0 aliphatic heterocycles. The molecule has 0 fully saturated rings. The molecule has 0 spiro atoms. The molecule has 0 aliphatic carbocycles. The molecule has 0 aliphatic rings. The molecule has 1 unspecified atom stereocenters. The van der Waals surface area contributed by atoms with E-state index in [0.717, 1.165) is 6.42 Å². The van der Waals surface area contributed by atoms with Gasteiger partial charge < -0.3 is 15.2 Å². The second kappa shape index (κ2) is 8.28. The fraction of sp³-hybridized carbons (Fsp3) is 0.316. The van der Waals surface area contributed by atoms with Crippen LogP contribution in [0.4, 0.5) is 11.4 Å². The Balaban J connectivity index is 2.20. The van der Waals surface area contributed by atoms with Crippen molar-refractivity contribution >= 4 is 23.2 Å². The number of rotatable bonds is 6. The zero-order valence-corrected chi connectivity index (χ0v) is 14.7. The van der Waals surface area contributed by atoms with Crippen LogP contribution in [0.15, 0.2) is 47.4 Å². The van der Waals surface area contributed by atoms with E-state index in [2.05, 4.69) is 10.6 Å². The summed E-state index contributed by atoms with van der Waals surface area (Å²) in [6.45, 7) is 6.19. The minimum Gasteiger partial charge on any atom is -0.324 e. The number of carbonyl (C=O) groups excluding carboxylic acids is 2. The van der Waals surface area contributed by atoms with E-state index >= 15 is 0 Å². The van der Waals surface area contributed by atoms with Gasteiger partial charge in [-0.05, 0) is 31.5 Å². The van der Waals surface area contributed by atoms with Crippen LogP contribution in [-0.2, 0) is 11.3 Å². The van der Waals surface area contributed by atoms with E-state index in [1.807, 2.05) is 20.8 Å². The molecule has 2 rings (SSSR count). The summed E-state index contributed by atoms with van der Waals surface area (Å²) in [4.78, 5) is 36.4. The van der Waals surface area contributed by atoms with Crippen LogP contribution < -0.4 is 16.2 Å². The maximum atomic E-state index is 12.4. The van der Waals surface area contributed by atoms with E-state index in [-0.39, 0.29) is 22.9 Å². The molecule has 2 N–H and O–H groups in total. The van der Waals surface area contributed by atoms with Crippen molar-refractivity contribution in [2.24, 2.45) is 5.92 Å². The first-order valence-corrected chi connectivity index (χ1v) is 8.38. The van der Waals surface area contributed by atoms with Gasteiger partial charge in [-0.25, -0.2) is 0 Å². The Morgan fingerprint density at radius 3 is 2.28 bits per heavy atom. The molecule has 1 aromatic heterocycles. The maximum Gasteiger partial charge on any atom is 0.255 e. The van der Waals surface area contributed by atoms with E-state index < -0.39 is 5.91 Å². The molecule has 0 radical (unpaired) electrons. The highest BCUT2D eigenvalue weighted by atomic mass is 16.2. The lowest BCUT2D eigenvalue weighted by Crippen LogP contribution is -2.23. The van der Waals surface area contributed by atoms with Gasteiger partial charge in [-0.1, -0.05) is 26.0 Å². The van der Waals surface area contributed by atoms with Crippen LogP contribution >= 0.6 is 0 Å². The first-order valence-electron chi connectivity index (χ1n) is 8.38. The number of nitrogens with zero attached hydrogens (tertiary/aromatic N) is 1. The van der Waals surface area contributed by atoms with Crippen molar-refractivity contribution in [2.75, 3.05) is 10.6 Å². The number of pyridine rings is 1. The number of carbonyl (C=O) groups is 2. The van der Waals surface area contributed by atoms with E-state index in [1.54, 1.807) is 36.5 Å². The van der Waals surface area contributed by atoms with E-state index in [4.69, 9.17) is 0 Å². The summed E-state index contributed by atoms with van der Waals surface area (Å²) >= 11 is 0. The van der Waals surface area contributed by atoms with Crippen molar-refractivity contribution in [3.05, 3.63) is 58.5 Å². The topological polar surface area (TPSA) is 80.2 Å². The van der Waals surface area contributed by atoms with Gasteiger partial charge in [0.05, 0.1) is 11.4 Å². The molecule has 1 aromatic carbocycles. The van der Waals surface area contributed by atoms with Crippen LogP contribution in [-0.4, -0.2) is 16.4 Å². The van der Waals surface area contributed by atoms with Gasteiger partial charge in [0.15, 0.2) is 0 Å². The maximum absolute atomic E-state index is 12.4. The summed E-state index contributed by atoms with van der Waals surface area (Å²) in [7, 11) is 0. The second-order valence-corrected chi connectivity index (χ2v) is 5.84. The Hall–Kier alpha value is -2.89. The summed E-state index contributed by atoms with van der Waals surface area (Å²) in [6.07, 6.45) is 2.32. The van der Waals surface area contributed by atoms with Gasteiger partial charge >= 0.3 is 0 Å². The summed E-state index contributed by atoms with van der Waals surface area (Å²) in [5.41, 5.74) is 1.07. The van der Waals surface area contributed by atoms with Crippen LogP contribution in [0.1, 0.15) is 37.6 Å². The number of hydrogen-bond acceptors (Lipinski definition) is 3. The van der Waals surface area contributed by atoms with Crippen molar-refractivity contribution in [3.8, 4) is 0 Å². The number of nitrogens with one attached hydrogen (secondary N) is 2. The van der Waals surface area contributed by atoms with E-state index in [9.17, 15) is 14.4 Å². The lowest BCUT2D eigenvalue weighted by atomic mass is 10.1. The fourth-order valence-electron chi connectivity index (χ4n) is 2.25. The Kier molecular flexibility index (Phi) is 6.11. The van der Waals surface area contributed by atoms with Gasteiger partial charge in [0.25, 0.3) is 11.5 Å². The Morgan fingerprint density at radius 2 is 1.72 bits per heavy atom. The minimum atomic E-state index is -0.398. The van der Waals surface area contributed by atoms with Crippen LogP contribution in [0.2, 0.25) is 0 Å². The zero-order valence-electron chi connectivity index (χ0n) is 14.7. The number of benzene rings is 1. The van der Waals surface area contributed by atoms with Crippen LogP contribution in [0.25, 0.3) is 0 Å². The third-order valence-corrected chi connectivity index (χ3v) is 4.09. The molecule has 2 amide bonds. The minimum absolute atomic E-state index is 0.102.